The molecule has 0 atom stereocenters. The SMILES string of the molecule is COCc1cc(=O)oc2cc(N3COCC(C(=O)OC)=C3C(=O)OC)ccc12. The summed E-state index contributed by atoms with van der Waals surface area (Å²) in [6.45, 7) is 0.154. The number of anilines is 1. The van der Waals surface area contributed by atoms with Gasteiger partial charge in [0.1, 0.15) is 18.0 Å². The summed E-state index contributed by atoms with van der Waals surface area (Å²) in [5.74, 6) is -1.40. The summed E-state index contributed by atoms with van der Waals surface area (Å²) < 4.78 is 25.4. The summed E-state index contributed by atoms with van der Waals surface area (Å²) in [5, 5.41) is 0.694. The van der Waals surface area contributed by atoms with Crippen LogP contribution in [0.1, 0.15) is 5.56 Å². The van der Waals surface area contributed by atoms with Crippen molar-refractivity contribution < 1.29 is 33.0 Å². The quantitative estimate of drug-likeness (QED) is 0.553. The van der Waals surface area contributed by atoms with Crippen molar-refractivity contribution in [1.82, 2.24) is 0 Å². The first kappa shape index (κ1) is 19.6. The molecule has 1 aromatic carbocycles. The van der Waals surface area contributed by atoms with Gasteiger partial charge in [-0.2, -0.15) is 0 Å². The van der Waals surface area contributed by atoms with Crippen LogP contribution in [0.4, 0.5) is 5.69 Å². The molecule has 0 saturated carbocycles. The average Bonchev–Trinajstić information content (AvgIpc) is 2.71. The first-order chi connectivity index (χ1) is 13.5. The highest BCUT2D eigenvalue weighted by Gasteiger charge is 2.32. The van der Waals surface area contributed by atoms with Gasteiger partial charge in [0.2, 0.25) is 0 Å². The van der Waals surface area contributed by atoms with Gasteiger partial charge in [-0.05, 0) is 17.7 Å². The summed E-state index contributed by atoms with van der Waals surface area (Å²) in [5.41, 5.74) is 0.989. The molecule has 0 aliphatic carbocycles. The molecule has 9 heteroatoms. The van der Waals surface area contributed by atoms with Crippen LogP contribution in [0, 0.1) is 0 Å². The second kappa shape index (κ2) is 8.24. The van der Waals surface area contributed by atoms with E-state index in [9.17, 15) is 14.4 Å². The fraction of sp³-hybridized carbons (Fsp3) is 0.316. The zero-order valence-electron chi connectivity index (χ0n) is 15.6. The highest BCUT2D eigenvalue weighted by atomic mass is 16.5. The summed E-state index contributed by atoms with van der Waals surface area (Å²) in [7, 11) is 3.96. The van der Waals surface area contributed by atoms with E-state index in [0.717, 1.165) is 0 Å². The number of benzene rings is 1. The van der Waals surface area contributed by atoms with Crippen LogP contribution in [0.15, 0.2) is 44.7 Å². The Morgan fingerprint density at radius 2 is 1.86 bits per heavy atom. The fourth-order valence-electron chi connectivity index (χ4n) is 3.01. The highest BCUT2D eigenvalue weighted by molar-refractivity contribution is 6.03. The molecule has 0 N–H and O–H groups in total. The molecular weight excluding hydrogens is 370 g/mol. The van der Waals surface area contributed by atoms with E-state index < -0.39 is 17.6 Å². The van der Waals surface area contributed by atoms with Crippen LogP contribution in [0.2, 0.25) is 0 Å². The molecule has 2 aromatic rings. The molecule has 28 heavy (non-hydrogen) atoms. The second-order valence-electron chi connectivity index (χ2n) is 5.92. The van der Waals surface area contributed by atoms with Crippen LogP contribution in [-0.4, -0.2) is 46.6 Å². The molecular formula is C19H19NO8. The Bertz CT molecular complexity index is 1010. The predicted molar refractivity (Wildman–Crippen MR) is 97.6 cm³/mol. The van der Waals surface area contributed by atoms with Crippen molar-refractivity contribution in [2.45, 2.75) is 6.61 Å². The van der Waals surface area contributed by atoms with Crippen LogP contribution in [0.5, 0.6) is 0 Å². The highest BCUT2D eigenvalue weighted by Crippen LogP contribution is 2.30. The third-order valence-corrected chi connectivity index (χ3v) is 4.26. The monoisotopic (exact) mass is 389 g/mol. The average molecular weight is 389 g/mol. The molecule has 9 nitrogen and oxygen atoms in total. The van der Waals surface area contributed by atoms with Gasteiger partial charge in [0, 0.05) is 30.3 Å². The molecule has 0 amide bonds. The molecule has 3 rings (SSSR count). The van der Waals surface area contributed by atoms with Gasteiger partial charge in [0.05, 0.1) is 33.0 Å². The van der Waals surface area contributed by atoms with Crippen LogP contribution in [0.3, 0.4) is 0 Å². The van der Waals surface area contributed by atoms with Crippen molar-refractivity contribution in [3.8, 4) is 0 Å². The minimum atomic E-state index is -0.710. The van der Waals surface area contributed by atoms with Crippen LogP contribution >= 0.6 is 0 Å². The van der Waals surface area contributed by atoms with Crippen molar-refractivity contribution >= 4 is 28.6 Å². The third-order valence-electron chi connectivity index (χ3n) is 4.26. The second-order valence-corrected chi connectivity index (χ2v) is 5.92. The number of carbonyl (C=O) groups is 2. The van der Waals surface area contributed by atoms with E-state index in [0.29, 0.717) is 22.2 Å². The number of ether oxygens (including phenoxy) is 4. The van der Waals surface area contributed by atoms with Crippen molar-refractivity contribution in [3.05, 3.63) is 51.5 Å². The Morgan fingerprint density at radius 1 is 1.11 bits per heavy atom. The summed E-state index contributed by atoms with van der Waals surface area (Å²) >= 11 is 0. The van der Waals surface area contributed by atoms with E-state index in [-0.39, 0.29) is 31.2 Å². The van der Waals surface area contributed by atoms with Crippen molar-refractivity contribution in [3.63, 3.8) is 0 Å². The first-order valence-corrected chi connectivity index (χ1v) is 8.31. The molecule has 1 aliphatic rings. The van der Waals surface area contributed by atoms with E-state index in [1.165, 1.54) is 32.3 Å². The summed E-state index contributed by atoms with van der Waals surface area (Å²) in [4.78, 5) is 37.8. The Balaban J connectivity index is 2.15. The number of esters is 2. The lowest BCUT2D eigenvalue weighted by atomic mass is 10.1. The summed E-state index contributed by atoms with van der Waals surface area (Å²) in [6, 6.07) is 6.41. The number of methoxy groups -OCH3 is 3. The lowest BCUT2D eigenvalue weighted by Gasteiger charge is -2.31. The van der Waals surface area contributed by atoms with E-state index in [4.69, 9.17) is 23.4 Å². The largest absolute Gasteiger partial charge is 0.466 e. The first-order valence-electron chi connectivity index (χ1n) is 8.31. The lowest BCUT2D eigenvalue weighted by molar-refractivity contribution is -0.140. The third kappa shape index (κ3) is 3.62. The Hall–Kier alpha value is -3.17. The number of rotatable bonds is 5. The maximum atomic E-state index is 12.4. The Kier molecular flexibility index (Phi) is 5.76. The molecule has 0 spiro atoms. The van der Waals surface area contributed by atoms with Crippen LogP contribution in [0.25, 0.3) is 11.0 Å². The van der Waals surface area contributed by atoms with Crippen LogP contribution in [-0.2, 0) is 35.1 Å². The number of nitrogens with zero attached hydrogens (tertiary/aromatic N) is 1. The number of fused-ring (bicyclic) bond motifs is 1. The van der Waals surface area contributed by atoms with Crippen LogP contribution < -0.4 is 10.5 Å². The Morgan fingerprint density at radius 3 is 2.54 bits per heavy atom. The number of hydrogen-bond acceptors (Lipinski definition) is 9. The molecule has 1 aliphatic heterocycles. The van der Waals surface area contributed by atoms with E-state index >= 15 is 0 Å². The Labute approximate surface area is 160 Å². The zero-order chi connectivity index (χ0) is 20.3. The minimum Gasteiger partial charge on any atom is -0.466 e. The number of carbonyl (C=O) groups excluding carboxylic acids is 2. The maximum absolute atomic E-state index is 12.4. The summed E-state index contributed by atoms with van der Waals surface area (Å²) in [6.07, 6.45) is 0. The van der Waals surface area contributed by atoms with Crippen molar-refractivity contribution in [2.24, 2.45) is 0 Å². The van der Waals surface area contributed by atoms with Gasteiger partial charge in [0.15, 0.2) is 0 Å². The van der Waals surface area contributed by atoms with E-state index in [2.05, 4.69) is 0 Å². The van der Waals surface area contributed by atoms with Crippen molar-refractivity contribution in [1.29, 1.82) is 0 Å². The number of hydrogen-bond donors (Lipinski definition) is 0. The normalized spacial score (nSPS) is 14.3. The van der Waals surface area contributed by atoms with Gasteiger partial charge in [-0.15, -0.1) is 0 Å². The maximum Gasteiger partial charge on any atom is 0.355 e. The molecule has 0 bridgehead atoms. The molecule has 2 heterocycles. The smallest absolute Gasteiger partial charge is 0.355 e. The van der Waals surface area contributed by atoms with E-state index in [1.54, 1.807) is 18.2 Å². The zero-order valence-corrected chi connectivity index (χ0v) is 15.6. The molecule has 0 unspecified atom stereocenters. The van der Waals surface area contributed by atoms with E-state index in [1.807, 2.05) is 0 Å². The van der Waals surface area contributed by atoms with Gasteiger partial charge < -0.3 is 28.3 Å². The topological polar surface area (TPSA) is 105 Å². The molecule has 0 radical (unpaired) electrons. The minimum absolute atomic E-state index is 0.00156. The predicted octanol–water partition coefficient (Wildman–Crippen LogP) is 1.33. The van der Waals surface area contributed by atoms with Gasteiger partial charge in [-0.25, -0.2) is 14.4 Å². The van der Waals surface area contributed by atoms with Gasteiger partial charge >= 0.3 is 17.6 Å². The lowest BCUT2D eigenvalue weighted by Crippen LogP contribution is -2.38. The standard InChI is InChI=1S/C19H19NO8/c1-24-8-11-6-16(21)28-15-7-12(4-5-13(11)15)20-10-27-9-14(18(22)25-2)17(20)19(23)26-3/h4-7H,8-10H2,1-3H3. The fourth-order valence-corrected chi connectivity index (χ4v) is 3.01. The molecule has 0 fully saturated rings. The van der Waals surface area contributed by atoms with Gasteiger partial charge in [-0.3, -0.25) is 0 Å². The molecule has 1 aromatic heterocycles. The van der Waals surface area contributed by atoms with Crippen molar-refractivity contribution in [2.75, 3.05) is 39.6 Å². The molecule has 0 saturated heterocycles. The van der Waals surface area contributed by atoms with Gasteiger partial charge in [-0.1, -0.05) is 0 Å². The molecule has 148 valence electrons. The van der Waals surface area contributed by atoms with Gasteiger partial charge in [0.25, 0.3) is 0 Å².